The molecule has 1 heterocycles. The van der Waals surface area contributed by atoms with Crippen LogP contribution in [0.2, 0.25) is 0 Å². The van der Waals surface area contributed by atoms with Gasteiger partial charge in [-0.05, 0) is 18.4 Å². The third kappa shape index (κ3) is 3.73. The van der Waals surface area contributed by atoms with Crippen LogP contribution in [0.5, 0.6) is 11.5 Å². The van der Waals surface area contributed by atoms with Gasteiger partial charge >= 0.3 is 11.6 Å². The van der Waals surface area contributed by atoms with Crippen LogP contribution in [0.4, 0.5) is 0 Å². The van der Waals surface area contributed by atoms with E-state index in [1.54, 1.807) is 13.8 Å². The number of hydrogen-bond acceptors (Lipinski definition) is 6. The number of aliphatic carboxylic acids is 1. The molecule has 0 aliphatic carbocycles. The molecule has 8 heteroatoms. The number of benzene rings is 1. The average molecular weight is 349 g/mol. The average Bonchev–Trinajstić information content (AvgIpc) is 2.47. The van der Waals surface area contributed by atoms with E-state index >= 15 is 0 Å². The van der Waals surface area contributed by atoms with Crippen molar-refractivity contribution in [2.75, 3.05) is 0 Å². The first kappa shape index (κ1) is 18.3. The first-order chi connectivity index (χ1) is 11.6. The number of amides is 1. The van der Waals surface area contributed by atoms with Crippen molar-refractivity contribution >= 4 is 22.8 Å². The van der Waals surface area contributed by atoms with Crippen LogP contribution in [0, 0.1) is 12.8 Å². The van der Waals surface area contributed by atoms with Gasteiger partial charge in [-0.3, -0.25) is 4.79 Å². The molecular formula is C17H19NO7. The first-order valence-electron chi connectivity index (χ1n) is 7.62. The summed E-state index contributed by atoms with van der Waals surface area (Å²) >= 11 is 0. The zero-order valence-corrected chi connectivity index (χ0v) is 14.0. The fourth-order valence-corrected chi connectivity index (χ4v) is 2.61. The molecule has 0 saturated heterocycles. The maximum atomic E-state index is 12.2. The molecule has 1 aromatic heterocycles. The van der Waals surface area contributed by atoms with Gasteiger partial charge in [0.05, 0.1) is 17.4 Å². The van der Waals surface area contributed by atoms with Crippen LogP contribution in [-0.2, 0) is 16.0 Å². The number of aromatic hydroxyl groups is 2. The number of hydrogen-bond donors (Lipinski definition) is 4. The highest BCUT2D eigenvalue weighted by Gasteiger charge is 2.25. The minimum atomic E-state index is -1.17. The third-order valence-electron chi connectivity index (χ3n) is 3.93. The van der Waals surface area contributed by atoms with E-state index in [9.17, 15) is 24.6 Å². The summed E-state index contributed by atoms with van der Waals surface area (Å²) in [5.41, 5.74) is -0.453. The van der Waals surface area contributed by atoms with Crippen LogP contribution < -0.4 is 10.9 Å². The number of carboxylic acid groups (broad SMARTS) is 1. The number of phenolic OH excluding ortho intramolecular Hbond substituents is 2. The van der Waals surface area contributed by atoms with Gasteiger partial charge in [0.15, 0.2) is 0 Å². The lowest BCUT2D eigenvalue weighted by Crippen LogP contribution is -2.45. The van der Waals surface area contributed by atoms with Crippen molar-refractivity contribution in [3.05, 3.63) is 33.7 Å². The predicted molar refractivity (Wildman–Crippen MR) is 88.7 cm³/mol. The Morgan fingerprint density at radius 1 is 1.24 bits per heavy atom. The topological polar surface area (TPSA) is 137 Å². The SMILES string of the molecule is Cc1c(CC(=O)NC(C(=O)O)C(C)C)c(=O)oc2cc(O)cc(O)c12. The van der Waals surface area contributed by atoms with Gasteiger partial charge in [0, 0.05) is 12.1 Å². The van der Waals surface area contributed by atoms with E-state index in [1.165, 1.54) is 13.0 Å². The Morgan fingerprint density at radius 3 is 2.44 bits per heavy atom. The maximum absolute atomic E-state index is 12.2. The number of nitrogens with one attached hydrogen (secondary N) is 1. The zero-order chi connectivity index (χ0) is 18.9. The van der Waals surface area contributed by atoms with Crippen molar-refractivity contribution in [1.29, 1.82) is 0 Å². The molecule has 0 spiro atoms. The minimum Gasteiger partial charge on any atom is -0.508 e. The van der Waals surface area contributed by atoms with E-state index in [2.05, 4.69) is 5.32 Å². The standard InChI is InChI=1S/C17H19NO7/c1-7(2)15(16(22)23)18-13(21)6-10-8(3)14-11(20)4-9(19)5-12(14)25-17(10)24/h4-5,7,15,19-20H,6H2,1-3H3,(H,18,21)(H,22,23). The van der Waals surface area contributed by atoms with E-state index < -0.39 is 23.5 Å². The maximum Gasteiger partial charge on any atom is 0.340 e. The summed E-state index contributed by atoms with van der Waals surface area (Å²) in [7, 11) is 0. The van der Waals surface area contributed by atoms with Gasteiger partial charge in [-0.15, -0.1) is 0 Å². The van der Waals surface area contributed by atoms with E-state index in [-0.39, 0.29) is 40.4 Å². The molecule has 1 atom stereocenters. The van der Waals surface area contributed by atoms with Gasteiger partial charge in [0.25, 0.3) is 0 Å². The van der Waals surface area contributed by atoms with Crippen LogP contribution in [0.25, 0.3) is 11.0 Å². The van der Waals surface area contributed by atoms with Crippen LogP contribution >= 0.6 is 0 Å². The molecule has 0 aliphatic rings. The number of carboxylic acids is 1. The molecule has 0 aliphatic heterocycles. The molecule has 4 N–H and O–H groups in total. The lowest BCUT2D eigenvalue weighted by molar-refractivity contribution is -0.143. The van der Waals surface area contributed by atoms with E-state index in [0.29, 0.717) is 5.56 Å². The predicted octanol–water partition coefficient (Wildman–Crippen LogP) is 1.28. The summed E-state index contributed by atoms with van der Waals surface area (Å²) in [5, 5.41) is 31.1. The molecule has 8 nitrogen and oxygen atoms in total. The van der Waals surface area contributed by atoms with Gasteiger partial charge in [-0.1, -0.05) is 13.8 Å². The van der Waals surface area contributed by atoms with Crippen molar-refractivity contribution in [1.82, 2.24) is 5.32 Å². The number of aryl methyl sites for hydroxylation is 1. The molecule has 0 bridgehead atoms. The number of fused-ring (bicyclic) bond motifs is 1. The molecule has 2 rings (SSSR count). The summed E-state index contributed by atoms with van der Waals surface area (Å²) in [4.78, 5) is 35.5. The second kappa shape index (κ2) is 6.84. The summed E-state index contributed by atoms with van der Waals surface area (Å²) in [5.74, 6) is -2.70. The van der Waals surface area contributed by atoms with Crippen LogP contribution in [0.15, 0.2) is 21.3 Å². The molecule has 1 aromatic carbocycles. The highest BCUT2D eigenvalue weighted by Crippen LogP contribution is 2.32. The van der Waals surface area contributed by atoms with Crippen LogP contribution in [0.3, 0.4) is 0 Å². The monoisotopic (exact) mass is 349 g/mol. The number of rotatable bonds is 5. The molecule has 2 aromatic rings. The second-order valence-electron chi connectivity index (χ2n) is 6.14. The Hall–Kier alpha value is -3.03. The molecule has 0 saturated carbocycles. The Bertz CT molecular complexity index is 898. The summed E-state index contributed by atoms with van der Waals surface area (Å²) in [6, 6.07) is 1.20. The van der Waals surface area contributed by atoms with Crippen LogP contribution in [0.1, 0.15) is 25.0 Å². The Morgan fingerprint density at radius 2 is 1.88 bits per heavy atom. The van der Waals surface area contributed by atoms with Crippen molar-refractivity contribution in [3.63, 3.8) is 0 Å². The summed E-state index contributed by atoms with van der Waals surface area (Å²) in [6.45, 7) is 4.84. The van der Waals surface area contributed by atoms with Crippen molar-refractivity contribution in [2.24, 2.45) is 5.92 Å². The fourth-order valence-electron chi connectivity index (χ4n) is 2.61. The number of phenols is 2. The number of carbonyl (C=O) groups is 2. The molecular weight excluding hydrogens is 330 g/mol. The molecule has 1 amide bonds. The smallest absolute Gasteiger partial charge is 0.340 e. The second-order valence-corrected chi connectivity index (χ2v) is 6.14. The minimum absolute atomic E-state index is 0.00486. The third-order valence-corrected chi connectivity index (χ3v) is 3.93. The van der Waals surface area contributed by atoms with Gasteiger partial charge in [0.2, 0.25) is 5.91 Å². The van der Waals surface area contributed by atoms with E-state index in [0.717, 1.165) is 6.07 Å². The van der Waals surface area contributed by atoms with Crippen LogP contribution in [-0.4, -0.2) is 33.2 Å². The van der Waals surface area contributed by atoms with Crippen molar-refractivity contribution in [3.8, 4) is 11.5 Å². The first-order valence-corrected chi connectivity index (χ1v) is 7.62. The highest BCUT2D eigenvalue weighted by molar-refractivity contribution is 5.90. The molecule has 0 fully saturated rings. The Labute approximate surface area is 142 Å². The van der Waals surface area contributed by atoms with Crippen molar-refractivity contribution < 1.29 is 29.3 Å². The van der Waals surface area contributed by atoms with E-state index in [4.69, 9.17) is 9.52 Å². The molecule has 134 valence electrons. The quantitative estimate of drug-likeness (QED) is 0.597. The van der Waals surface area contributed by atoms with Gasteiger partial charge in [0.1, 0.15) is 23.1 Å². The lowest BCUT2D eigenvalue weighted by atomic mass is 10.0. The molecule has 1 unspecified atom stereocenters. The Kier molecular flexibility index (Phi) is 5.01. The molecule has 0 radical (unpaired) electrons. The van der Waals surface area contributed by atoms with Gasteiger partial charge in [-0.2, -0.15) is 0 Å². The van der Waals surface area contributed by atoms with Crippen molar-refractivity contribution in [2.45, 2.75) is 33.2 Å². The summed E-state index contributed by atoms with van der Waals surface area (Å²) in [6.07, 6.45) is -0.388. The highest BCUT2D eigenvalue weighted by atomic mass is 16.4. The number of carbonyl (C=O) groups excluding carboxylic acids is 1. The Balaban J connectivity index is 2.40. The van der Waals surface area contributed by atoms with E-state index in [1.807, 2.05) is 0 Å². The zero-order valence-electron chi connectivity index (χ0n) is 14.0. The summed E-state index contributed by atoms with van der Waals surface area (Å²) < 4.78 is 5.06. The van der Waals surface area contributed by atoms with Gasteiger partial charge < -0.3 is 25.1 Å². The fraction of sp³-hybridized carbons (Fsp3) is 0.353. The van der Waals surface area contributed by atoms with Gasteiger partial charge in [-0.25, -0.2) is 9.59 Å². The largest absolute Gasteiger partial charge is 0.508 e. The lowest BCUT2D eigenvalue weighted by Gasteiger charge is -2.18. The normalized spacial score (nSPS) is 12.3. The molecule has 25 heavy (non-hydrogen) atoms.